The normalized spacial score (nSPS) is 11.4. The van der Waals surface area contributed by atoms with Crippen molar-refractivity contribution >= 4 is 32.1 Å². The minimum atomic E-state index is -1.19. The summed E-state index contributed by atoms with van der Waals surface area (Å²) < 4.78 is 0.457. The van der Waals surface area contributed by atoms with Crippen molar-refractivity contribution in [3.05, 3.63) is 41.5 Å². The molecule has 0 spiro atoms. The van der Waals surface area contributed by atoms with Gasteiger partial charge in [0.2, 0.25) is 0 Å². The van der Waals surface area contributed by atoms with Gasteiger partial charge in [0.1, 0.15) is 6.07 Å². The molecule has 0 aliphatic rings. The lowest BCUT2D eigenvalue weighted by Crippen LogP contribution is -1.99. The van der Waals surface area contributed by atoms with E-state index in [2.05, 4.69) is 0 Å². The van der Waals surface area contributed by atoms with Crippen molar-refractivity contribution in [3.8, 4) is 6.07 Å². The van der Waals surface area contributed by atoms with Gasteiger partial charge in [-0.3, -0.25) is 0 Å². The Balaban J connectivity index is 3.23. The second-order valence-electron chi connectivity index (χ2n) is 2.47. The van der Waals surface area contributed by atoms with Gasteiger partial charge in [-0.15, -0.1) is 0 Å². The predicted molar refractivity (Wildman–Crippen MR) is 60.6 cm³/mol. The fourth-order valence-electron chi connectivity index (χ4n) is 0.920. The van der Waals surface area contributed by atoms with E-state index in [4.69, 9.17) is 10.4 Å². The van der Waals surface area contributed by atoms with Crippen LogP contribution in [0, 0.1) is 11.3 Å². The van der Waals surface area contributed by atoms with E-state index in [1.807, 2.05) is 28.7 Å². The quantitative estimate of drug-likeness (QED) is 0.518. The summed E-state index contributed by atoms with van der Waals surface area (Å²) >= 11 is 1.86. The van der Waals surface area contributed by atoms with Crippen LogP contribution < -0.4 is 0 Å². The number of aliphatic carboxylic acids is 1. The summed E-state index contributed by atoms with van der Waals surface area (Å²) in [5, 5.41) is 17.4. The Kier molecular flexibility index (Phi) is 3.65. The first-order valence-corrected chi connectivity index (χ1v) is 4.83. The van der Waals surface area contributed by atoms with Crippen LogP contribution in [0.3, 0.4) is 0 Å². The van der Waals surface area contributed by atoms with Gasteiger partial charge >= 0.3 is 5.97 Å². The lowest BCUT2D eigenvalue weighted by Gasteiger charge is -1.99. The zero-order valence-electron chi connectivity index (χ0n) is 7.07. The number of benzene rings is 1. The minimum absolute atomic E-state index is 0.225. The van der Waals surface area contributed by atoms with E-state index >= 15 is 0 Å². The van der Waals surface area contributed by atoms with Gasteiger partial charge in [-0.1, -0.05) is 30.3 Å². The maximum absolute atomic E-state index is 10.7. The molecule has 0 aliphatic carbocycles. The molecule has 0 aromatic heterocycles. The number of carbonyl (C=O) groups is 1. The van der Waals surface area contributed by atoms with E-state index in [9.17, 15) is 4.79 Å². The van der Waals surface area contributed by atoms with Crippen molar-refractivity contribution in [3.63, 3.8) is 0 Å². The third-order valence-electron chi connectivity index (χ3n) is 1.57. The van der Waals surface area contributed by atoms with Crippen LogP contribution in [0.4, 0.5) is 0 Å². The summed E-state index contributed by atoms with van der Waals surface area (Å²) in [5.74, 6) is -1.19. The zero-order valence-corrected chi connectivity index (χ0v) is 9.22. The van der Waals surface area contributed by atoms with Gasteiger partial charge in [0, 0.05) is 3.58 Å². The van der Waals surface area contributed by atoms with Crippen LogP contribution in [-0.4, -0.2) is 11.1 Å². The highest BCUT2D eigenvalue weighted by molar-refractivity contribution is 14.1. The number of nitrogens with zero attached hydrogens (tertiary/aromatic N) is 1. The highest BCUT2D eigenvalue weighted by Gasteiger charge is 2.12. The van der Waals surface area contributed by atoms with Crippen molar-refractivity contribution in [1.29, 1.82) is 5.26 Å². The molecule has 0 aliphatic heterocycles. The molecule has 1 aromatic rings. The second-order valence-corrected chi connectivity index (χ2v) is 3.55. The Labute approximate surface area is 94.8 Å². The van der Waals surface area contributed by atoms with Crippen LogP contribution in [-0.2, 0) is 4.79 Å². The first-order chi connectivity index (χ1) is 6.66. The van der Waals surface area contributed by atoms with E-state index in [-0.39, 0.29) is 5.57 Å². The summed E-state index contributed by atoms with van der Waals surface area (Å²) in [5.41, 5.74) is 0.517. The third kappa shape index (κ3) is 2.33. The lowest BCUT2D eigenvalue weighted by atomic mass is 10.1. The molecular weight excluding hydrogens is 293 g/mol. The maximum Gasteiger partial charge on any atom is 0.347 e. The zero-order chi connectivity index (χ0) is 10.6. The van der Waals surface area contributed by atoms with Gasteiger partial charge in [0.15, 0.2) is 5.57 Å². The number of hydrogen-bond donors (Lipinski definition) is 1. The molecule has 0 unspecified atom stereocenters. The van der Waals surface area contributed by atoms with Crippen LogP contribution in [0.5, 0.6) is 0 Å². The molecule has 3 nitrogen and oxygen atoms in total. The number of rotatable bonds is 2. The van der Waals surface area contributed by atoms with Gasteiger partial charge in [0.05, 0.1) is 0 Å². The smallest absolute Gasteiger partial charge is 0.347 e. The maximum atomic E-state index is 10.7. The van der Waals surface area contributed by atoms with Crippen molar-refractivity contribution < 1.29 is 9.90 Å². The van der Waals surface area contributed by atoms with E-state index in [0.717, 1.165) is 5.56 Å². The molecule has 0 saturated heterocycles. The van der Waals surface area contributed by atoms with E-state index < -0.39 is 5.97 Å². The van der Waals surface area contributed by atoms with Crippen molar-refractivity contribution in [2.75, 3.05) is 0 Å². The summed E-state index contributed by atoms with van der Waals surface area (Å²) in [4.78, 5) is 10.7. The molecule has 4 heteroatoms. The second kappa shape index (κ2) is 4.77. The number of carboxylic acid groups (broad SMARTS) is 1. The molecule has 0 bridgehead atoms. The molecule has 1 N–H and O–H groups in total. The van der Waals surface area contributed by atoms with Crippen LogP contribution in [0.15, 0.2) is 35.9 Å². The SMILES string of the molecule is N#CC(C(=O)O)=C(I)c1ccccc1. The fraction of sp³-hybridized carbons (Fsp3) is 0. The van der Waals surface area contributed by atoms with Crippen LogP contribution >= 0.6 is 22.6 Å². The largest absolute Gasteiger partial charge is 0.477 e. The van der Waals surface area contributed by atoms with Crippen molar-refractivity contribution in [1.82, 2.24) is 0 Å². The first-order valence-electron chi connectivity index (χ1n) is 3.75. The number of halogens is 1. The monoisotopic (exact) mass is 299 g/mol. The van der Waals surface area contributed by atoms with Crippen LogP contribution in [0.25, 0.3) is 3.58 Å². The Morgan fingerprint density at radius 3 is 2.36 bits per heavy atom. The molecule has 70 valence electrons. The van der Waals surface area contributed by atoms with E-state index in [1.165, 1.54) is 0 Å². The van der Waals surface area contributed by atoms with Crippen LogP contribution in [0.1, 0.15) is 5.56 Å². The Hall–Kier alpha value is -1.35. The molecule has 1 rings (SSSR count). The summed E-state index contributed by atoms with van der Waals surface area (Å²) in [7, 11) is 0. The molecule has 0 atom stereocenters. The molecule has 0 radical (unpaired) electrons. The van der Waals surface area contributed by atoms with Gasteiger partial charge in [-0.25, -0.2) is 4.79 Å². The standard InChI is InChI=1S/C10H6INO2/c11-9(8(6-12)10(13)14)7-4-2-1-3-5-7/h1-5H,(H,13,14). The highest BCUT2D eigenvalue weighted by Crippen LogP contribution is 2.25. The molecule has 0 fully saturated rings. The number of carboxylic acids is 1. The average Bonchev–Trinajstić information content (AvgIpc) is 2.19. The number of hydrogen-bond acceptors (Lipinski definition) is 2. The predicted octanol–water partition coefficient (Wildman–Crippen LogP) is 2.44. The van der Waals surface area contributed by atoms with Gasteiger partial charge < -0.3 is 5.11 Å². The fourth-order valence-corrected chi connectivity index (χ4v) is 1.63. The summed E-state index contributed by atoms with van der Waals surface area (Å²) in [6, 6.07) is 10.6. The van der Waals surface area contributed by atoms with Gasteiger partial charge in [0.25, 0.3) is 0 Å². The summed E-state index contributed by atoms with van der Waals surface area (Å²) in [6.07, 6.45) is 0. The van der Waals surface area contributed by atoms with Gasteiger partial charge in [-0.2, -0.15) is 5.26 Å². The molecule has 0 saturated carbocycles. The van der Waals surface area contributed by atoms with Crippen LogP contribution in [0.2, 0.25) is 0 Å². The van der Waals surface area contributed by atoms with Gasteiger partial charge in [-0.05, 0) is 28.2 Å². The molecule has 14 heavy (non-hydrogen) atoms. The Bertz CT molecular complexity index is 417. The first kappa shape index (κ1) is 10.7. The molecule has 0 heterocycles. The van der Waals surface area contributed by atoms with E-state index in [0.29, 0.717) is 3.58 Å². The van der Waals surface area contributed by atoms with E-state index in [1.54, 1.807) is 30.3 Å². The Morgan fingerprint density at radius 1 is 1.36 bits per heavy atom. The molecular formula is C10H6INO2. The average molecular weight is 299 g/mol. The number of nitriles is 1. The van der Waals surface area contributed by atoms with Crippen molar-refractivity contribution in [2.45, 2.75) is 0 Å². The summed E-state index contributed by atoms with van der Waals surface area (Å²) in [6.45, 7) is 0. The minimum Gasteiger partial charge on any atom is -0.477 e. The third-order valence-corrected chi connectivity index (χ3v) is 2.73. The highest BCUT2D eigenvalue weighted by atomic mass is 127. The Morgan fingerprint density at radius 2 is 1.93 bits per heavy atom. The van der Waals surface area contributed by atoms with Crippen molar-refractivity contribution in [2.24, 2.45) is 0 Å². The topological polar surface area (TPSA) is 61.1 Å². The molecule has 0 amide bonds. The molecule has 1 aromatic carbocycles. The lowest BCUT2D eigenvalue weighted by molar-refractivity contribution is -0.132.